The Kier molecular flexibility index (Phi) is 9.56. The lowest BCUT2D eigenvalue weighted by Gasteiger charge is -2.35. The van der Waals surface area contributed by atoms with Crippen LogP contribution in [-0.2, 0) is 22.5 Å². The van der Waals surface area contributed by atoms with Gasteiger partial charge >= 0.3 is 6.18 Å². The number of nitrogens with zero attached hydrogens (tertiary/aromatic N) is 3. The van der Waals surface area contributed by atoms with Crippen molar-refractivity contribution in [2.24, 2.45) is 0 Å². The monoisotopic (exact) mass is 697 g/mol. The fourth-order valence-corrected chi connectivity index (χ4v) is 7.01. The Hall–Kier alpha value is -4.66. The fraction of sp³-hybridized carbons (Fsp3) is 0.286. The van der Waals surface area contributed by atoms with Crippen molar-refractivity contribution in [2.75, 3.05) is 27.4 Å². The van der Waals surface area contributed by atoms with Crippen LogP contribution in [-0.4, -0.2) is 65.6 Å². The second kappa shape index (κ2) is 13.7. The van der Waals surface area contributed by atoms with Gasteiger partial charge in [0.25, 0.3) is 0 Å². The highest BCUT2D eigenvalue weighted by Gasteiger charge is 2.44. The van der Waals surface area contributed by atoms with Crippen molar-refractivity contribution in [3.05, 3.63) is 89.0 Å². The Morgan fingerprint density at radius 1 is 1.14 bits per heavy atom. The number of rotatable bonds is 10. The second-order valence-electron chi connectivity index (χ2n) is 11.8. The van der Waals surface area contributed by atoms with Crippen molar-refractivity contribution in [1.82, 2.24) is 25.4 Å². The zero-order valence-corrected chi connectivity index (χ0v) is 27.6. The number of halogens is 5. The van der Waals surface area contributed by atoms with Gasteiger partial charge in [-0.05, 0) is 61.2 Å². The number of ether oxygens (including phenoxy) is 2. The molecule has 1 amide bonds. The number of aromatic amines is 1. The van der Waals surface area contributed by atoms with E-state index in [-0.39, 0.29) is 43.2 Å². The first-order chi connectivity index (χ1) is 23.4. The minimum Gasteiger partial charge on any atom is -0.490 e. The largest absolute Gasteiger partial charge is 0.490 e. The number of carbonyl (C=O) groups is 1. The predicted octanol–water partition coefficient (Wildman–Crippen LogP) is 7.61. The van der Waals surface area contributed by atoms with Gasteiger partial charge in [0.2, 0.25) is 5.91 Å². The molecular weight excluding hydrogens is 665 g/mol. The summed E-state index contributed by atoms with van der Waals surface area (Å²) in [6.45, 7) is 5.51. The molecule has 2 N–H and O–H groups in total. The van der Waals surface area contributed by atoms with Gasteiger partial charge in [-0.2, -0.15) is 18.3 Å². The summed E-state index contributed by atoms with van der Waals surface area (Å²) in [5, 5.41) is 12.6. The van der Waals surface area contributed by atoms with Gasteiger partial charge in [-0.25, -0.2) is 13.8 Å². The number of hydrogen-bond donors (Lipinski definition) is 2. The number of likely N-dealkylation sites (N-methyl/N-ethyl adjacent to an activating group) is 1. The van der Waals surface area contributed by atoms with Crippen molar-refractivity contribution in [3.63, 3.8) is 0 Å². The van der Waals surface area contributed by atoms with E-state index < -0.39 is 35.8 Å². The van der Waals surface area contributed by atoms with E-state index in [0.29, 0.717) is 43.9 Å². The maximum atomic E-state index is 16.0. The van der Waals surface area contributed by atoms with Crippen molar-refractivity contribution in [1.29, 1.82) is 0 Å². The van der Waals surface area contributed by atoms with Crippen LogP contribution in [0.25, 0.3) is 43.9 Å². The van der Waals surface area contributed by atoms with E-state index >= 15 is 4.39 Å². The van der Waals surface area contributed by atoms with Gasteiger partial charge in [0, 0.05) is 47.0 Å². The standard InChI is InChI=1S/C35H32F5N5O3S/c1-5-29(46)41-18(2)25-16-26(44-43-25)33-31(30-24(37)14-22(36)15-27(30)48-10-9-47-4)34-23(8-11-49-34)32(42-33)20-7-6-19-13-28(35(38,39)40)45(3)17-21(19)12-20/h5-8,11-12,14-16,18,28H,1,9-10,13,17H2,2-4H3,(H,41,46)(H,43,44)/t18-,28?/m1/s1. The quantitative estimate of drug-likeness (QED) is 0.0888. The minimum absolute atomic E-state index is 0.0205. The summed E-state index contributed by atoms with van der Waals surface area (Å²) in [6.07, 6.45) is -3.39. The number of methoxy groups -OCH3 is 1. The lowest BCUT2D eigenvalue weighted by atomic mass is 9.91. The van der Waals surface area contributed by atoms with Gasteiger partial charge in [0.15, 0.2) is 0 Å². The van der Waals surface area contributed by atoms with E-state index in [2.05, 4.69) is 22.1 Å². The smallest absolute Gasteiger partial charge is 0.404 e. The molecular formula is C35H32F5N5O3S. The molecule has 0 bridgehead atoms. The normalized spacial score (nSPS) is 15.6. The van der Waals surface area contributed by atoms with Crippen LogP contribution in [0.2, 0.25) is 0 Å². The number of alkyl halides is 3. The number of pyridine rings is 1. The van der Waals surface area contributed by atoms with Crippen LogP contribution in [0.4, 0.5) is 22.0 Å². The molecule has 5 aromatic rings. The summed E-state index contributed by atoms with van der Waals surface area (Å²) in [7, 11) is 2.93. The van der Waals surface area contributed by atoms with E-state index in [1.165, 1.54) is 30.4 Å². The number of amides is 1. The SMILES string of the molecule is C=CC(=O)N[C@H](C)c1cc(-c2nc(-c3ccc4c(c3)CN(C)C(C(F)(F)F)C4)c3ccsc3c2-c2c(F)cc(F)cc2OCCOC)n[nH]1. The second-order valence-corrected chi connectivity index (χ2v) is 12.7. The highest BCUT2D eigenvalue weighted by molar-refractivity contribution is 7.18. The molecule has 0 fully saturated rings. The van der Waals surface area contributed by atoms with Gasteiger partial charge < -0.3 is 14.8 Å². The van der Waals surface area contributed by atoms with Crippen LogP contribution in [0.1, 0.15) is 29.8 Å². The Labute approximate surface area is 282 Å². The first kappa shape index (κ1) is 34.2. The lowest BCUT2D eigenvalue weighted by molar-refractivity contribution is -0.183. The summed E-state index contributed by atoms with van der Waals surface area (Å²) < 4.78 is 83.2. The Morgan fingerprint density at radius 3 is 2.67 bits per heavy atom. The number of carbonyl (C=O) groups excluding carboxylic acids is 1. The van der Waals surface area contributed by atoms with E-state index in [9.17, 15) is 22.4 Å². The van der Waals surface area contributed by atoms with E-state index in [1.807, 2.05) is 17.5 Å². The minimum atomic E-state index is -4.36. The Morgan fingerprint density at radius 2 is 1.94 bits per heavy atom. The molecule has 2 atom stereocenters. The molecule has 14 heteroatoms. The van der Waals surface area contributed by atoms with E-state index in [4.69, 9.17) is 14.5 Å². The third kappa shape index (κ3) is 6.80. The Balaban J connectivity index is 1.56. The molecule has 1 unspecified atom stereocenters. The topological polar surface area (TPSA) is 92.4 Å². The van der Waals surface area contributed by atoms with Gasteiger partial charge in [0.05, 0.1) is 29.6 Å². The molecule has 1 aliphatic rings. The first-order valence-electron chi connectivity index (χ1n) is 15.3. The molecule has 1 aliphatic heterocycles. The maximum absolute atomic E-state index is 16.0. The molecule has 0 spiro atoms. The maximum Gasteiger partial charge on any atom is 0.404 e. The predicted molar refractivity (Wildman–Crippen MR) is 177 cm³/mol. The summed E-state index contributed by atoms with van der Waals surface area (Å²) >= 11 is 1.31. The third-order valence-electron chi connectivity index (χ3n) is 8.50. The van der Waals surface area contributed by atoms with Crippen LogP contribution in [0.5, 0.6) is 5.75 Å². The molecule has 0 saturated heterocycles. The molecule has 0 aliphatic carbocycles. The average Bonchev–Trinajstić information content (AvgIpc) is 3.74. The zero-order chi connectivity index (χ0) is 35.0. The van der Waals surface area contributed by atoms with Crippen molar-refractivity contribution < 1.29 is 36.2 Å². The van der Waals surface area contributed by atoms with Crippen LogP contribution in [0.15, 0.2) is 60.5 Å². The number of benzene rings is 2. The summed E-state index contributed by atoms with van der Waals surface area (Å²) in [5.74, 6) is -2.16. The molecule has 3 aromatic heterocycles. The molecule has 2 aromatic carbocycles. The molecule has 8 nitrogen and oxygen atoms in total. The summed E-state index contributed by atoms with van der Waals surface area (Å²) in [4.78, 5) is 18.3. The third-order valence-corrected chi connectivity index (χ3v) is 9.43. The fourth-order valence-electron chi connectivity index (χ4n) is 6.06. The number of thiophene rings is 1. The van der Waals surface area contributed by atoms with Crippen molar-refractivity contribution in [2.45, 2.75) is 38.1 Å². The van der Waals surface area contributed by atoms with Crippen LogP contribution in [0, 0.1) is 11.6 Å². The number of nitrogens with one attached hydrogen (secondary N) is 2. The number of aromatic nitrogens is 3. The molecule has 0 saturated carbocycles. The van der Waals surface area contributed by atoms with E-state index in [1.54, 1.807) is 25.1 Å². The van der Waals surface area contributed by atoms with Crippen molar-refractivity contribution >= 4 is 27.3 Å². The molecule has 49 heavy (non-hydrogen) atoms. The molecule has 6 rings (SSSR count). The van der Waals surface area contributed by atoms with Crippen LogP contribution in [0.3, 0.4) is 0 Å². The van der Waals surface area contributed by atoms with Gasteiger partial charge in [0.1, 0.15) is 41.4 Å². The zero-order valence-electron chi connectivity index (χ0n) is 26.8. The Bertz CT molecular complexity index is 2040. The summed E-state index contributed by atoms with van der Waals surface area (Å²) in [6, 6.07) is 8.55. The number of fused-ring (bicyclic) bond motifs is 2. The highest BCUT2D eigenvalue weighted by atomic mass is 32.1. The number of hydrogen-bond acceptors (Lipinski definition) is 7. The summed E-state index contributed by atoms with van der Waals surface area (Å²) in [5.41, 5.74) is 3.84. The number of H-pyrrole nitrogens is 1. The lowest BCUT2D eigenvalue weighted by Crippen LogP contribution is -2.47. The van der Waals surface area contributed by atoms with Gasteiger partial charge in [-0.1, -0.05) is 18.7 Å². The highest BCUT2D eigenvalue weighted by Crippen LogP contribution is 2.47. The van der Waals surface area contributed by atoms with Gasteiger partial charge in [-0.3, -0.25) is 14.8 Å². The average molecular weight is 698 g/mol. The van der Waals surface area contributed by atoms with E-state index in [0.717, 1.165) is 23.8 Å². The first-order valence-corrected chi connectivity index (χ1v) is 16.2. The van der Waals surface area contributed by atoms with Crippen LogP contribution < -0.4 is 10.1 Å². The molecule has 256 valence electrons. The van der Waals surface area contributed by atoms with Gasteiger partial charge in [-0.15, -0.1) is 11.3 Å². The van der Waals surface area contributed by atoms with Crippen molar-refractivity contribution in [3.8, 4) is 39.5 Å². The molecule has 0 radical (unpaired) electrons. The van der Waals surface area contributed by atoms with Crippen LogP contribution >= 0.6 is 11.3 Å². The molecule has 4 heterocycles.